The summed E-state index contributed by atoms with van der Waals surface area (Å²) in [5, 5.41) is 7.45. The fourth-order valence-corrected chi connectivity index (χ4v) is 3.63. The predicted octanol–water partition coefficient (Wildman–Crippen LogP) is 1.87. The van der Waals surface area contributed by atoms with E-state index in [2.05, 4.69) is 46.0 Å². The lowest BCUT2D eigenvalue weighted by atomic mass is 10.2. The minimum atomic E-state index is 0.297. The fraction of sp³-hybridized carbons (Fsp3) is 0.833. The molecule has 140 valence electrons. The molecule has 3 heterocycles. The van der Waals surface area contributed by atoms with Gasteiger partial charge < -0.3 is 14.7 Å². The van der Waals surface area contributed by atoms with E-state index in [-0.39, 0.29) is 0 Å². The maximum Gasteiger partial charge on any atom is 0.228 e. The van der Waals surface area contributed by atoms with Crippen LogP contribution in [0.5, 0.6) is 0 Å². The third-order valence-corrected chi connectivity index (χ3v) is 5.04. The molecule has 1 aromatic heterocycles. The SMILES string of the molecule is CCNC(=NCCc1nc(C(C)C)no1)N1CCC(N2CCCC2)C1. The molecule has 25 heavy (non-hydrogen) atoms. The molecule has 2 fully saturated rings. The molecular weight excluding hydrogens is 316 g/mol. The molecule has 1 atom stereocenters. The average molecular weight is 348 g/mol. The lowest BCUT2D eigenvalue weighted by molar-refractivity contribution is 0.249. The summed E-state index contributed by atoms with van der Waals surface area (Å²) in [6.07, 6.45) is 4.64. The summed E-state index contributed by atoms with van der Waals surface area (Å²) < 4.78 is 5.31. The van der Waals surface area contributed by atoms with Gasteiger partial charge >= 0.3 is 0 Å². The molecule has 7 nitrogen and oxygen atoms in total. The first-order valence-corrected chi connectivity index (χ1v) is 9.77. The Morgan fingerprint density at radius 3 is 2.80 bits per heavy atom. The van der Waals surface area contributed by atoms with E-state index in [1.165, 1.54) is 32.4 Å². The molecule has 0 aliphatic carbocycles. The van der Waals surface area contributed by atoms with Crippen molar-refractivity contribution in [2.45, 2.75) is 58.4 Å². The lowest BCUT2D eigenvalue weighted by Gasteiger charge is -2.25. The monoisotopic (exact) mass is 348 g/mol. The number of hydrogen-bond acceptors (Lipinski definition) is 5. The first-order valence-electron chi connectivity index (χ1n) is 9.77. The van der Waals surface area contributed by atoms with Crippen molar-refractivity contribution in [2.75, 3.05) is 39.3 Å². The van der Waals surface area contributed by atoms with Crippen LogP contribution in [0.25, 0.3) is 0 Å². The summed E-state index contributed by atoms with van der Waals surface area (Å²) in [5.74, 6) is 2.77. The number of guanidine groups is 1. The summed E-state index contributed by atoms with van der Waals surface area (Å²) >= 11 is 0. The van der Waals surface area contributed by atoms with E-state index in [4.69, 9.17) is 9.52 Å². The zero-order valence-corrected chi connectivity index (χ0v) is 15.9. The third-order valence-electron chi connectivity index (χ3n) is 5.04. The normalized spacial score (nSPS) is 22.3. The van der Waals surface area contributed by atoms with E-state index in [1.54, 1.807) is 0 Å². The number of nitrogens with one attached hydrogen (secondary N) is 1. The second-order valence-corrected chi connectivity index (χ2v) is 7.32. The molecule has 0 amide bonds. The van der Waals surface area contributed by atoms with Crippen LogP contribution in [0.4, 0.5) is 0 Å². The second-order valence-electron chi connectivity index (χ2n) is 7.32. The van der Waals surface area contributed by atoms with Crippen LogP contribution in [0, 0.1) is 0 Å². The van der Waals surface area contributed by atoms with Crippen LogP contribution in [0.2, 0.25) is 0 Å². The Morgan fingerprint density at radius 1 is 1.32 bits per heavy atom. The van der Waals surface area contributed by atoms with Gasteiger partial charge in [-0.15, -0.1) is 0 Å². The van der Waals surface area contributed by atoms with Crippen molar-refractivity contribution < 1.29 is 4.52 Å². The van der Waals surface area contributed by atoms with Crippen LogP contribution in [0.15, 0.2) is 9.52 Å². The van der Waals surface area contributed by atoms with Gasteiger partial charge in [-0.1, -0.05) is 19.0 Å². The Labute approximate surface area is 150 Å². The number of hydrogen-bond donors (Lipinski definition) is 1. The Morgan fingerprint density at radius 2 is 2.12 bits per heavy atom. The summed E-state index contributed by atoms with van der Waals surface area (Å²) in [6.45, 7) is 12.5. The molecule has 0 aromatic carbocycles. The van der Waals surface area contributed by atoms with Crippen LogP contribution < -0.4 is 5.32 Å². The highest BCUT2D eigenvalue weighted by molar-refractivity contribution is 5.80. The zero-order valence-electron chi connectivity index (χ0n) is 15.9. The second kappa shape index (κ2) is 8.65. The Hall–Kier alpha value is -1.63. The highest BCUT2D eigenvalue weighted by Crippen LogP contribution is 2.20. The number of rotatable bonds is 6. The van der Waals surface area contributed by atoms with Gasteiger partial charge in [0.05, 0.1) is 6.54 Å². The molecule has 3 rings (SSSR count). The Bertz CT molecular complexity index is 564. The van der Waals surface area contributed by atoms with Crippen LogP contribution in [0.1, 0.15) is 57.7 Å². The van der Waals surface area contributed by atoms with E-state index in [0.717, 1.165) is 31.4 Å². The smallest absolute Gasteiger partial charge is 0.228 e. The summed E-state index contributed by atoms with van der Waals surface area (Å²) in [5.41, 5.74) is 0. The average Bonchev–Trinajstić information content (AvgIpc) is 3.33. The van der Waals surface area contributed by atoms with Crippen LogP contribution in [-0.2, 0) is 6.42 Å². The molecule has 0 saturated carbocycles. The van der Waals surface area contributed by atoms with Crippen molar-refractivity contribution in [3.63, 3.8) is 0 Å². The molecule has 0 spiro atoms. The minimum absolute atomic E-state index is 0.297. The Balaban J connectivity index is 1.53. The molecular formula is C18H32N6O. The standard InChI is InChI=1S/C18H32N6O/c1-4-19-18(20-9-7-16-21-17(14(2)3)22-25-16)24-12-8-15(13-24)23-10-5-6-11-23/h14-15H,4-13H2,1-3H3,(H,19,20). The van der Waals surface area contributed by atoms with Gasteiger partial charge in [0, 0.05) is 38.0 Å². The molecule has 0 radical (unpaired) electrons. The van der Waals surface area contributed by atoms with E-state index in [1.807, 2.05) is 0 Å². The highest BCUT2D eigenvalue weighted by Gasteiger charge is 2.30. The predicted molar refractivity (Wildman–Crippen MR) is 98.9 cm³/mol. The maximum atomic E-state index is 5.31. The molecule has 0 bridgehead atoms. The highest BCUT2D eigenvalue weighted by atomic mass is 16.5. The quantitative estimate of drug-likeness (QED) is 0.625. The molecule has 2 aliphatic heterocycles. The van der Waals surface area contributed by atoms with Crippen molar-refractivity contribution in [3.05, 3.63) is 11.7 Å². The van der Waals surface area contributed by atoms with Crippen molar-refractivity contribution in [3.8, 4) is 0 Å². The molecule has 2 aliphatic rings. The van der Waals surface area contributed by atoms with E-state index >= 15 is 0 Å². The van der Waals surface area contributed by atoms with Crippen molar-refractivity contribution in [2.24, 2.45) is 4.99 Å². The zero-order chi connectivity index (χ0) is 17.6. The number of likely N-dealkylation sites (tertiary alicyclic amines) is 2. The lowest BCUT2D eigenvalue weighted by Crippen LogP contribution is -2.42. The molecule has 2 saturated heterocycles. The largest absolute Gasteiger partial charge is 0.357 e. The van der Waals surface area contributed by atoms with Gasteiger partial charge in [-0.25, -0.2) is 0 Å². The summed E-state index contributed by atoms with van der Waals surface area (Å²) in [6, 6.07) is 0.691. The number of aromatic nitrogens is 2. The van der Waals surface area contributed by atoms with E-state index in [9.17, 15) is 0 Å². The summed E-state index contributed by atoms with van der Waals surface area (Å²) in [4.78, 5) is 14.3. The van der Waals surface area contributed by atoms with Gasteiger partial charge in [-0.2, -0.15) is 4.98 Å². The van der Waals surface area contributed by atoms with Gasteiger partial charge in [0.2, 0.25) is 5.89 Å². The van der Waals surface area contributed by atoms with Crippen LogP contribution in [0.3, 0.4) is 0 Å². The van der Waals surface area contributed by atoms with Crippen LogP contribution in [-0.4, -0.2) is 71.2 Å². The van der Waals surface area contributed by atoms with Gasteiger partial charge in [-0.05, 0) is 39.3 Å². The van der Waals surface area contributed by atoms with Crippen molar-refractivity contribution in [1.29, 1.82) is 0 Å². The number of nitrogens with zero attached hydrogens (tertiary/aromatic N) is 5. The third kappa shape index (κ3) is 4.71. The Kier molecular flexibility index (Phi) is 6.29. The maximum absolute atomic E-state index is 5.31. The van der Waals surface area contributed by atoms with Crippen molar-refractivity contribution in [1.82, 2.24) is 25.3 Å². The van der Waals surface area contributed by atoms with Gasteiger partial charge in [0.1, 0.15) is 0 Å². The number of aliphatic imine (C=N–C) groups is 1. The molecule has 1 unspecified atom stereocenters. The van der Waals surface area contributed by atoms with Gasteiger partial charge in [-0.3, -0.25) is 9.89 Å². The topological polar surface area (TPSA) is 69.8 Å². The first kappa shape index (κ1) is 18.2. The van der Waals surface area contributed by atoms with Gasteiger partial charge in [0.25, 0.3) is 0 Å². The fourth-order valence-electron chi connectivity index (χ4n) is 3.63. The van der Waals surface area contributed by atoms with Gasteiger partial charge in [0.15, 0.2) is 11.8 Å². The van der Waals surface area contributed by atoms with Crippen molar-refractivity contribution >= 4 is 5.96 Å². The van der Waals surface area contributed by atoms with Crippen LogP contribution >= 0.6 is 0 Å². The molecule has 1 aromatic rings. The first-order chi connectivity index (χ1) is 12.2. The van der Waals surface area contributed by atoms with E-state index in [0.29, 0.717) is 30.8 Å². The molecule has 7 heteroatoms. The van der Waals surface area contributed by atoms with E-state index < -0.39 is 0 Å². The summed E-state index contributed by atoms with van der Waals surface area (Å²) in [7, 11) is 0. The minimum Gasteiger partial charge on any atom is -0.357 e. The molecule has 1 N–H and O–H groups in total.